The van der Waals surface area contributed by atoms with Crippen molar-refractivity contribution >= 4 is 0 Å². The van der Waals surface area contributed by atoms with Crippen molar-refractivity contribution in [2.75, 3.05) is 6.61 Å². The zero-order valence-corrected chi connectivity index (χ0v) is 20.1. The second kappa shape index (κ2) is 21.7. The van der Waals surface area contributed by atoms with Crippen LogP contribution in [0.25, 0.3) is 0 Å². The van der Waals surface area contributed by atoms with Gasteiger partial charge < -0.3 is 4.74 Å². The molecule has 0 aromatic heterocycles. The van der Waals surface area contributed by atoms with E-state index in [4.69, 9.17) is 4.74 Å². The summed E-state index contributed by atoms with van der Waals surface area (Å²) in [6.07, 6.45) is 30.7. The molecule has 1 aliphatic heterocycles. The molecule has 2 radical (unpaired) electrons. The molecule has 2 heteroatoms. The molecule has 1 atom stereocenters. The van der Waals surface area contributed by atoms with Crippen LogP contribution >= 0.6 is 0 Å². The highest BCUT2D eigenvalue weighted by molar-refractivity contribution is 4.83. The van der Waals surface area contributed by atoms with E-state index in [0.29, 0.717) is 0 Å². The molecule has 1 saturated heterocycles. The molecule has 1 fully saturated rings. The van der Waals surface area contributed by atoms with Crippen LogP contribution in [0.1, 0.15) is 148 Å². The number of rotatable bonds is 14. The Morgan fingerprint density at radius 3 is 1.87 bits per heavy atom. The molecular weight excluding hydrogens is 366 g/mol. The second-order valence-electron chi connectivity index (χ2n) is 9.51. The van der Waals surface area contributed by atoms with Gasteiger partial charge in [0.25, 0.3) is 0 Å². The van der Waals surface area contributed by atoms with Gasteiger partial charge in [-0.3, -0.25) is 0 Å². The largest absolute Gasteiger partial charge is 0.372 e. The molecule has 1 rings (SSSR count). The molecule has 0 saturated carbocycles. The Kier molecular flexibility index (Phi) is 19.9. The first-order valence-electron chi connectivity index (χ1n) is 13.5. The summed E-state index contributed by atoms with van der Waals surface area (Å²) < 4.78 is 6.17. The summed E-state index contributed by atoms with van der Waals surface area (Å²) in [5, 5.41) is 9.45. The molecule has 0 aliphatic carbocycles. The van der Waals surface area contributed by atoms with E-state index in [1.165, 1.54) is 128 Å². The maximum Gasteiger partial charge on any atom is 0.0970 e. The van der Waals surface area contributed by atoms with Crippen molar-refractivity contribution in [2.24, 2.45) is 5.92 Å². The van der Waals surface area contributed by atoms with E-state index in [-0.39, 0.29) is 5.92 Å². The minimum absolute atomic E-state index is 0.277. The van der Waals surface area contributed by atoms with Crippen LogP contribution in [-0.2, 0) is 4.74 Å². The van der Waals surface area contributed by atoms with Gasteiger partial charge in [-0.1, -0.05) is 122 Å². The Morgan fingerprint density at radius 2 is 1.23 bits per heavy atom. The van der Waals surface area contributed by atoms with Crippen LogP contribution in [0.3, 0.4) is 0 Å². The van der Waals surface area contributed by atoms with Crippen LogP contribution in [0.5, 0.6) is 0 Å². The first-order valence-corrected chi connectivity index (χ1v) is 13.5. The molecule has 0 spiro atoms. The number of hydrogen-bond donors (Lipinski definition) is 0. The smallest absolute Gasteiger partial charge is 0.0970 e. The first kappa shape index (κ1) is 27.5. The Hall–Kier alpha value is -0.550. The van der Waals surface area contributed by atoms with Gasteiger partial charge in [-0.25, -0.2) is 0 Å². The third-order valence-corrected chi connectivity index (χ3v) is 6.65. The van der Waals surface area contributed by atoms with Crippen LogP contribution in [0.4, 0.5) is 0 Å². The fourth-order valence-electron chi connectivity index (χ4n) is 4.59. The molecule has 0 amide bonds. The maximum atomic E-state index is 9.45. The zero-order valence-electron chi connectivity index (χ0n) is 20.1. The predicted molar refractivity (Wildman–Crippen MR) is 130 cm³/mol. The standard InChI is InChI=1S/C28H51NO/c1-2-3-4-5-9-12-16-21-27(26-29)22-17-15-19-24-28-23-18-13-10-7-6-8-11-14-20-25-30-28/h27H,1-25H2. The lowest BCUT2D eigenvalue weighted by molar-refractivity contribution is 0.118. The van der Waals surface area contributed by atoms with Gasteiger partial charge in [0.05, 0.1) is 12.2 Å². The average molecular weight is 418 g/mol. The molecule has 1 unspecified atom stereocenters. The molecule has 0 aromatic rings. The summed E-state index contributed by atoms with van der Waals surface area (Å²) in [4.78, 5) is 0. The lowest BCUT2D eigenvalue weighted by Crippen LogP contribution is -2.06. The van der Waals surface area contributed by atoms with Gasteiger partial charge in [0.2, 0.25) is 0 Å². The molecule has 174 valence electrons. The van der Waals surface area contributed by atoms with E-state index < -0.39 is 0 Å². The van der Waals surface area contributed by atoms with Crippen LogP contribution in [0.15, 0.2) is 0 Å². The monoisotopic (exact) mass is 417 g/mol. The van der Waals surface area contributed by atoms with Crippen molar-refractivity contribution in [3.8, 4) is 6.07 Å². The molecule has 0 bridgehead atoms. The Bertz CT molecular complexity index is 375. The summed E-state index contributed by atoms with van der Waals surface area (Å²) >= 11 is 0. The third kappa shape index (κ3) is 17.2. The van der Waals surface area contributed by atoms with E-state index in [0.717, 1.165) is 32.3 Å². The molecular formula is C28H51NO. The van der Waals surface area contributed by atoms with Gasteiger partial charge in [0.1, 0.15) is 0 Å². The second-order valence-corrected chi connectivity index (χ2v) is 9.51. The minimum Gasteiger partial charge on any atom is -0.372 e. The minimum atomic E-state index is 0.277. The Labute approximate surface area is 189 Å². The molecule has 2 nitrogen and oxygen atoms in total. The zero-order chi connectivity index (χ0) is 21.5. The first-order chi connectivity index (χ1) is 14.9. The normalized spacial score (nSPS) is 18.7. The average Bonchev–Trinajstić information content (AvgIpc) is 2.79. The van der Waals surface area contributed by atoms with Crippen LogP contribution in [-0.4, -0.2) is 6.61 Å². The summed E-state index contributed by atoms with van der Waals surface area (Å²) in [5.74, 6) is 0.277. The van der Waals surface area contributed by atoms with Gasteiger partial charge in [-0.05, 0) is 32.1 Å². The van der Waals surface area contributed by atoms with Crippen LogP contribution in [0.2, 0.25) is 0 Å². The van der Waals surface area contributed by atoms with Gasteiger partial charge in [0, 0.05) is 12.5 Å². The van der Waals surface area contributed by atoms with Crippen molar-refractivity contribution < 1.29 is 4.74 Å². The van der Waals surface area contributed by atoms with Crippen molar-refractivity contribution in [1.29, 1.82) is 5.26 Å². The van der Waals surface area contributed by atoms with Gasteiger partial charge in [0.15, 0.2) is 0 Å². The number of nitrogens with zero attached hydrogens (tertiary/aromatic N) is 1. The van der Waals surface area contributed by atoms with Crippen molar-refractivity contribution in [2.45, 2.75) is 148 Å². The quantitative estimate of drug-likeness (QED) is 0.264. The van der Waals surface area contributed by atoms with Crippen LogP contribution in [0, 0.1) is 30.3 Å². The molecule has 0 N–H and O–H groups in total. The highest BCUT2D eigenvalue weighted by Gasteiger charge is 2.12. The topological polar surface area (TPSA) is 33.0 Å². The molecule has 0 aromatic carbocycles. The van der Waals surface area contributed by atoms with E-state index in [1.54, 1.807) is 0 Å². The molecule has 1 heterocycles. The van der Waals surface area contributed by atoms with Gasteiger partial charge >= 0.3 is 0 Å². The summed E-state index contributed by atoms with van der Waals surface area (Å²) in [5.41, 5.74) is 0. The summed E-state index contributed by atoms with van der Waals surface area (Å²) in [6.45, 7) is 4.83. The fraction of sp³-hybridized carbons (Fsp3) is 0.893. The lowest BCUT2D eigenvalue weighted by Gasteiger charge is -2.17. The van der Waals surface area contributed by atoms with E-state index in [1.807, 2.05) is 0 Å². The number of ether oxygens (including phenoxy) is 1. The van der Waals surface area contributed by atoms with Crippen molar-refractivity contribution in [3.05, 3.63) is 13.0 Å². The molecule has 30 heavy (non-hydrogen) atoms. The van der Waals surface area contributed by atoms with Crippen molar-refractivity contribution in [3.63, 3.8) is 0 Å². The summed E-state index contributed by atoms with van der Waals surface area (Å²) in [7, 11) is 0. The Balaban J connectivity index is 2.07. The number of nitriles is 1. The summed E-state index contributed by atoms with van der Waals surface area (Å²) in [6, 6.07) is 2.56. The third-order valence-electron chi connectivity index (χ3n) is 6.65. The highest BCUT2D eigenvalue weighted by atomic mass is 16.5. The predicted octanol–water partition coefficient (Wildman–Crippen LogP) is 9.49. The lowest BCUT2D eigenvalue weighted by atomic mass is 9.95. The van der Waals surface area contributed by atoms with Gasteiger partial charge in [-0.15, -0.1) is 0 Å². The SMILES string of the molecule is [CH2]CCCCCCCCC(C#N)CCCCC[C]1CCCCCCCCCCCO1. The van der Waals surface area contributed by atoms with E-state index in [2.05, 4.69) is 13.0 Å². The van der Waals surface area contributed by atoms with Crippen molar-refractivity contribution in [1.82, 2.24) is 0 Å². The maximum absolute atomic E-state index is 9.45. The van der Waals surface area contributed by atoms with E-state index in [9.17, 15) is 5.26 Å². The van der Waals surface area contributed by atoms with Gasteiger partial charge in [-0.2, -0.15) is 5.26 Å². The van der Waals surface area contributed by atoms with E-state index >= 15 is 0 Å². The molecule has 1 aliphatic rings. The Morgan fingerprint density at radius 1 is 0.700 bits per heavy atom. The van der Waals surface area contributed by atoms with Crippen LogP contribution < -0.4 is 0 Å². The number of unbranched alkanes of at least 4 members (excludes halogenated alkanes) is 8. The fourth-order valence-corrected chi connectivity index (χ4v) is 4.59. The highest BCUT2D eigenvalue weighted by Crippen LogP contribution is 2.24. The number of hydrogen-bond acceptors (Lipinski definition) is 2.